The van der Waals surface area contributed by atoms with Crippen LogP contribution in [0.3, 0.4) is 0 Å². The maximum absolute atomic E-state index is 5.59. The minimum atomic E-state index is -0.102. The minimum Gasteiger partial charge on any atom is -0.349 e. The molecular formula is C14H26O2. The molecule has 1 fully saturated rings. The lowest BCUT2D eigenvalue weighted by molar-refractivity contribution is -0.171. The summed E-state index contributed by atoms with van der Waals surface area (Å²) in [5, 5.41) is 0. The van der Waals surface area contributed by atoms with Crippen molar-refractivity contribution in [3.8, 4) is 0 Å². The Balaban J connectivity index is 2.21. The summed E-state index contributed by atoms with van der Waals surface area (Å²) in [7, 11) is 0. The van der Waals surface area contributed by atoms with Gasteiger partial charge in [0.25, 0.3) is 0 Å². The van der Waals surface area contributed by atoms with Gasteiger partial charge < -0.3 is 9.47 Å². The lowest BCUT2D eigenvalue weighted by Gasteiger charge is -2.25. The molecule has 0 atom stereocenters. The summed E-state index contributed by atoms with van der Waals surface area (Å²) >= 11 is 0. The molecule has 1 saturated heterocycles. The van der Waals surface area contributed by atoms with Crippen LogP contribution in [0.5, 0.6) is 0 Å². The fraction of sp³-hybridized carbons (Fsp3) is 0.857. The summed E-state index contributed by atoms with van der Waals surface area (Å²) in [6.45, 7) is 10.5. The first-order valence-corrected chi connectivity index (χ1v) is 6.48. The van der Waals surface area contributed by atoms with Crippen molar-refractivity contribution in [1.82, 2.24) is 0 Å². The highest BCUT2D eigenvalue weighted by Gasteiger charge is 2.16. The van der Waals surface area contributed by atoms with E-state index in [0.29, 0.717) is 5.92 Å². The summed E-state index contributed by atoms with van der Waals surface area (Å²) in [5.74, 6) is 1.33. The van der Waals surface area contributed by atoms with Crippen molar-refractivity contribution >= 4 is 0 Å². The molecule has 0 aromatic heterocycles. The number of ether oxygens (including phenoxy) is 2. The van der Waals surface area contributed by atoms with Gasteiger partial charge in [0, 0.05) is 5.92 Å². The van der Waals surface area contributed by atoms with Crippen molar-refractivity contribution in [2.75, 3.05) is 13.2 Å². The average Bonchev–Trinajstić information content (AvgIpc) is 2.21. The molecule has 16 heavy (non-hydrogen) atoms. The molecule has 0 bridgehead atoms. The van der Waals surface area contributed by atoms with Crippen LogP contribution in [0.25, 0.3) is 0 Å². The summed E-state index contributed by atoms with van der Waals surface area (Å²) in [4.78, 5) is 0. The molecule has 0 saturated carbocycles. The van der Waals surface area contributed by atoms with Gasteiger partial charge in [0.15, 0.2) is 6.29 Å². The fourth-order valence-corrected chi connectivity index (χ4v) is 1.82. The largest absolute Gasteiger partial charge is 0.349 e. The van der Waals surface area contributed by atoms with E-state index in [1.807, 2.05) is 0 Å². The third kappa shape index (κ3) is 5.66. The second-order valence-electron chi connectivity index (χ2n) is 5.44. The third-order valence-electron chi connectivity index (χ3n) is 2.86. The zero-order chi connectivity index (χ0) is 12.0. The molecule has 1 rings (SSSR count). The molecule has 2 nitrogen and oxygen atoms in total. The van der Waals surface area contributed by atoms with Crippen molar-refractivity contribution in [3.05, 3.63) is 11.6 Å². The van der Waals surface area contributed by atoms with Gasteiger partial charge in [-0.2, -0.15) is 0 Å². The number of hydrogen-bond donors (Lipinski definition) is 0. The van der Waals surface area contributed by atoms with Gasteiger partial charge in [-0.3, -0.25) is 0 Å². The zero-order valence-corrected chi connectivity index (χ0v) is 11.2. The van der Waals surface area contributed by atoms with E-state index < -0.39 is 0 Å². The fourth-order valence-electron chi connectivity index (χ4n) is 1.82. The average molecular weight is 226 g/mol. The standard InChI is InChI=1S/C14H26O2/c1-11(2)6-5-7-12(3)8-14-15-9-13(4)10-16-14/h8,11,13-14H,5-7,9-10H2,1-4H3/b12-8+. The van der Waals surface area contributed by atoms with Crippen molar-refractivity contribution < 1.29 is 9.47 Å². The normalized spacial score (nSPS) is 27.4. The first-order chi connectivity index (χ1) is 7.58. The molecule has 0 radical (unpaired) electrons. The van der Waals surface area contributed by atoms with Gasteiger partial charge in [-0.05, 0) is 31.8 Å². The van der Waals surface area contributed by atoms with E-state index in [-0.39, 0.29) is 6.29 Å². The van der Waals surface area contributed by atoms with Crippen LogP contribution in [0, 0.1) is 11.8 Å². The molecule has 0 spiro atoms. The Bertz CT molecular complexity index is 213. The van der Waals surface area contributed by atoms with E-state index in [4.69, 9.17) is 9.47 Å². The Labute approximate surface area is 100 Å². The first-order valence-electron chi connectivity index (χ1n) is 6.48. The third-order valence-corrected chi connectivity index (χ3v) is 2.86. The Morgan fingerprint density at radius 3 is 2.50 bits per heavy atom. The van der Waals surface area contributed by atoms with E-state index in [1.165, 1.54) is 18.4 Å². The number of hydrogen-bond acceptors (Lipinski definition) is 2. The molecule has 1 aliphatic heterocycles. The Morgan fingerprint density at radius 1 is 1.31 bits per heavy atom. The summed E-state index contributed by atoms with van der Waals surface area (Å²) in [6, 6.07) is 0. The lowest BCUT2D eigenvalue weighted by atomic mass is 10.0. The summed E-state index contributed by atoms with van der Waals surface area (Å²) in [5.41, 5.74) is 1.39. The molecular weight excluding hydrogens is 200 g/mol. The van der Waals surface area contributed by atoms with Crippen LogP contribution in [-0.4, -0.2) is 19.5 Å². The predicted octanol–water partition coefficient (Wildman–Crippen LogP) is 3.77. The van der Waals surface area contributed by atoms with E-state index in [9.17, 15) is 0 Å². The monoisotopic (exact) mass is 226 g/mol. The van der Waals surface area contributed by atoms with Crippen LogP contribution in [0.1, 0.15) is 47.0 Å². The molecule has 0 amide bonds. The molecule has 0 aromatic carbocycles. The minimum absolute atomic E-state index is 0.102. The van der Waals surface area contributed by atoms with Crippen molar-refractivity contribution in [1.29, 1.82) is 0 Å². The molecule has 1 aliphatic rings. The summed E-state index contributed by atoms with van der Waals surface area (Å²) < 4.78 is 11.2. The molecule has 1 heterocycles. The first kappa shape index (κ1) is 13.7. The van der Waals surface area contributed by atoms with Crippen LogP contribution in [-0.2, 0) is 9.47 Å². The van der Waals surface area contributed by atoms with Gasteiger partial charge in [0.05, 0.1) is 13.2 Å². The smallest absolute Gasteiger partial charge is 0.177 e. The van der Waals surface area contributed by atoms with Crippen LogP contribution in [0.4, 0.5) is 0 Å². The molecule has 0 unspecified atom stereocenters. The second kappa shape index (κ2) is 7.08. The van der Waals surface area contributed by atoms with Gasteiger partial charge in [0.2, 0.25) is 0 Å². The van der Waals surface area contributed by atoms with Gasteiger partial charge >= 0.3 is 0 Å². The predicted molar refractivity (Wildman–Crippen MR) is 67.3 cm³/mol. The highest BCUT2D eigenvalue weighted by Crippen LogP contribution is 2.16. The lowest BCUT2D eigenvalue weighted by Crippen LogP contribution is -2.29. The number of rotatable bonds is 5. The van der Waals surface area contributed by atoms with E-state index >= 15 is 0 Å². The van der Waals surface area contributed by atoms with Gasteiger partial charge in [-0.25, -0.2) is 0 Å². The van der Waals surface area contributed by atoms with Crippen LogP contribution >= 0.6 is 0 Å². The molecule has 0 N–H and O–H groups in total. The van der Waals surface area contributed by atoms with E-state index in [2.05, 4.69) is 33.8 Å². The quantitative estimate of drug-likeness (QED) is 0.664. The second-order valence-corrected chi connectivity index (χ2v) is 5.44. The van der Waals surface area contributed by atoms with Crippen LogP contribution < -0.4 is 0 Å². The van der Waals surface area contributed by atoms with Crippen molar-refractivity contribution in [2.45, 2.75) is 53.2 Å². The summed E-state index contributed by atoms with van der Waals surface area (Å²) in [6.07, 6.45) is 5.76. The number of allylic oxidation sites excluding steroid dienone is 1. The Hall–Kier alpha value is -0.340. The van der Waals surface area contributed by atoms with E-state index in [1.54, 1.807) is 0 Å². The SMILES string of the molecule is C/C(=C\C1OCC(C)CO1)CCCC(C)C. The van der Waals surface area contributed by atoms with Crippen LogP contribution in [0.15, 0.2) is 11.6 Å². The molecule has 94 valence electrons. The van der Waals surface area contributed by atoms with Crippen LogP contribution in [0.2, 0.25) is 0 Å². The molecule has 0 aromatic rings. The van der Waals surface area contributed by atoms with Gasteiger partial charge in [-0.1, -0.05) is 32.8 Å². The Kier molecular flexibility index (Phi) is 6.07. The van der Waals surface area contributed by atoms with Crippen molar-refractivity contribution in [3.63, 3.8) is 0 Å². The zero-order valence-electron chi connectivity index (χ0n) is 11.2. The maximum Gasteiger partial charge on any atom is 0.177 e. The Morgan fingerprint density at radius 2 is 1.94 bits per heavy atom. The maximum atomic E-state index is 5.59. The topological polar surface area (TPSA) is 18.5 Å². The molecule has 2 heteroatoms. The molecule has 0 aliphatic carbocycles. The van der Waals surface area contributed by atoms with E-state index in [0.717, 1.165) is 25.6 Å². The highest BCUT2D eigenvalue weighted by atomic mass is 16.7. The van der Waals surface area contributed by atoms with Gasteiger partial charge in [0.1, 0.15) is 0 Å². The van der Waals surface area contributed by atoms with Gasteiger partial charge in [-0.15, -0.1) is 0 Å². The highest BCUT2D eigenvalue weighted by molar-refractivity contribution is 5.00. The van der Waals surface area contributed by atoms with Crippen molar-refractivity contribution in [2.24, 2.45) is 11.8 Å².